The Morgan fingerprint density at radius 2 is 1.77 bits per heavy atom. The molecule has 0 spiro atoms. The average Bonchev–Trinajstić information content (AvgIpc) is 2.77. The quantitative estimate of drug-likeness (QED) is 0.267. The average molecular weight is 378 g/mol. The standard InChI is InChI=1S/C16H26O10/c1-6-5-24-14(12-15(2,22)3-8(18)16(6,12)23)26-13-11(21)10(20)9(19)7(4-17)25-13/h5,7-14,17-23H,3-4H2,1-2H3/t7-,8+,9-,10+,11-,12+,13-,14-,15-,16+/m0/s1. The van der Waals surface area contributed by atoms with Gasteiger partial charge in [0, 0.05) is 6.42 Å². The van der Waals surface area contributed by atoms with Crippen molar-refractivity contribution in [2.24, 2.45) is 5.92 Å². The monoisotopic (exact) mass is 378 g/mol. The lowest BCUT2D eigenvalue weighted by molar-refractivity contribution is -0.352. The third-order valence-corrected chi connectivity index (χ3v) is 5.66. The molecule has 10 nitrogen and oxygen atoms in total. The van der Waals surface area contributed by atoms with Crippen LogP contribution in [-0.2, 0) is 14.2 Å². The van der Waals surface area contributed by atoms with Crippen LogP contribution in [-0.4, -0.2) is 96.7 Å². The molecule has 0 aromatic rings. The van der Waals surface area contributed by atoms with Crippen LogP contribution in [0.2, 0.25) is 0 Å². The van der Waals surface area contributed by atoms with E-state index < -0.39 is 66.8 Å². The summed E-state index contributed by atoms with van der Waals surface area (Å²) < 4.78 is 16.3. The highest BCUT2D eigenvalue weighted by atomic mass is 16.8. The molecule has 2 aliphatic heterocycles. The van der Waals surface area contributed by atoms with Gasteiger partial charge in [-0.15, -0.1) is 0 Å². The van der Waals surface area contributed by atoms with Gasteiger partial charge in [-0.2, -0.15) is 0 Å². The molecule has 26 heavy (non-hydrogen) atoms. The van der Waals surface area contributed by atoms with E-state index in [2.05, 4.69) is 0 Å². The van der Waals surface area contributed by atoms with Crippen LogP contribution in [0.5, 0.6) is 0 Å². The largest absolute Gasteiger partial charge is 0.472 e. The van der Waals surface area contributed by atoms with Crippen molar-refractivity contribution in [3.63, 3.8) is 0 Å². The van der Waals surface area contributed by atoms with Gasteiger partial charge in [-0.05, 0) is 19.4 Å². The maximum atomic E-state index is 11.0. The van der Waals surface area contributed by atoms with Gasteiger partial charge >= 0.3 is 0 Å². The number of rotatable bonds is 3. The molecule has 3 aliphatic rings. The summed E-state index contributed by atoms with van der Waals surface area (Å²) in [6.07, 6.45) is -9.04. The van der Waals surface area contributed by atoms with Gasteiger partial charge < -0.3 is 50.0 Å². The highest BCUT2D eigenvalue weighted by molar-refractivity contribution is 5.28. The molecule has 1 saturated carbocycles. The van der Waals surface area contributed by atoms with Crippen molar-refractivity contribution < 1.29 is 50.0 Å². The van der Waals surface area contributed by atoms with Crippen molar-refractivity contribution >= 4 is 0 Å². The van der Waals surface area contributed by atoms with E-state index in [4.69, 9.17) is 14.2 Å². The predicted molar refractivity (Wildman–Crippen MR) is 83.2 cm³/mol. The first-order valence-corrected chi connectivity index (χ1v) is 8.45. The van der Waals surface area contributed by atoms with E-state index in [-0.39, 0.29) is 6.42 Å². The SMILES string of the molecule is CC1=CO[C@@H](O[C@@H]2O[C@@H](CO)[C@H](O)[C@@H](O)[C@@H]2O)[C@H]2[C@]1(O)[C@H](O)C[C@]2(C)O. The van der Waals surface area contributed by atoms with Crippen LogP contribution >= 0.6 is 0 Å². The minimum absolute atomic E-state index is 0.128. The van der Waals surface area contributed by atoms with Crippen molar-refractivity contribution in [2.45, 2.75) is 74.6 Å². The topological polar surface area (TPSA) is 169 Å². The number of aliphatic hydroxyl groups excluding tert-OH is 5. The first kappa shape index (κ1) is 19.9. The number of hydrogen-bond donors (Lipinski definition) is 7. The molecule has 0 aromatic carbocycles. The van der Waals surface area contributed by atoms with Crippen LogP contribution in [0.3, 0.4) is 0 Å². The van der Waals surface area contributed by atoms with Crippen LogP contribution in [0.15, 0.2) is 11.8 Å². The van der Waals surface area contributed by atoms with Gasteiger partial charge in [0.1, 0.15) is 30.0 Å². The maximum Gasteiger partial charge on any atom is 0.210 e. The first-order chi connectivity index (χ1) is 12.0. The van der Waals surface area contributed by atoms with Crippen molar-refractivity contribution in [3.8, 4) is 0 Å². The lowest BCUT2D eigenvalue weighted by Gasteiger charge is -2.46. The maximum absolute atomic E-state index is 11.0. The minimum Gasteiger partial charge on any atom is -0.472 e. The summed E-state index contributed by atoms with van der Waals surface area (Å²) in [5, 5.41) is 70.9. The number of fused-ring (bicyclic) bond motifs is 1. The Balaban J connectivity index is 1.85. The molecule has 150 valence electrons. The molecule has 10 atom stereocenters. The summed E-state index contributed by atoms with van der Waals surface area (Å²) in [6.45, 7) is 2.34. The Bertz CT molecular complexity index is 563. The highest BCUT2D eigenvalue weighted by Gasteiger charge is 2.66. The van der Waals surface area contributed by atoms with Gasteiger partial charge in [-0.25, -0.2) is 0 Å². The van der Waals surface area contributed by atoms with Crippen LogP contribution < -0.4 is 0 Å². The Hall–Kier alpha value is -0.820. The molecule has 2 heterocycles. The third-order valence-electron chi connectivity index (χ3n) is 5.66. The number of ether oxygens (including phenoxy) is 3. The Labute approximate surface area is 149 Å². The van der Waals surface area contributed by atoms with E-state index in [1.165, 1.54) is 13.2 Å². The lowest BCUT2D eigenvalue weighted by atomic mass is 9.77. The molecule has 1 aliphatic carbocycles. The molecule has 0 unspecified atom stereocenters. The van der Waals surface area contributed by atoms with Crippen LogP contribution in [0.25, 0.3) is 0 Å². The van der Waals surface area contributed by atoms with Crippen LogP contribution in [0, 0.1) is 5.92 Å². The van der Waals surface area contributed by atoms with Gasteiger partial charge in [-0.1, -0.05) is 0 Å². The summed E-state index contributed by atoms with van der Waals surface area (Å²) in [5.41, 5.74) is -3.05. The summed E-state index contributed by atoms with van der Waals surface area (Å²) in [6, 6.07) is 0. The zero-order chi connectivity index (χ0) is 19.4. The molecule has 0 bridgehead atoms. The minimum atomic E-state index is -1.81. The normalized spacial score (nSPS) is 54.4. The zero-order valence-electron chi connectivity index (χ0n) is 14.5. The summed E-state index contributed by atoms with van der Waals surface area (Å²) in [4.78, 5) is 0. The highest BCUT2D eigenvalue weighted by Crippen LogP contribution is 2.52. The molecule has 10 heteroatoms. The molecule has 0 aromatic heterocycles. The summed E-state index contributed by atoms with van der Waals surface area (Å²) in [5.74, 6) is -1.11. The number of aliphatic hydroxyl groups is 7. The van der Waals surface area contributed by atoms with Crippen molar-refractivity contribution in [3.05, 3.63) is 11.8 Å². The fourth-order valence-electron chi connectivity index (χ4n) is 4.13. The fourth-order valence-corrected chi connectivity index (χ4v) is 4.13. The van der Waals surface area contributed by atoms with E-state index >= 15 is 0 Å². The van der Waals surface area contributed by atoms with E-state index in [1.54, 1.807) is 6.92 Å². The molecular formula is C16H26O10. The Morgan fingerprint density at radius 3 is 2.38 bits per heavy atom. The van der Waals surface area contributed by atoms with E-state index in [1.807, 2.05) is 0 Å². The van der Waals surface area contributed by atoms with Crippen molar-refractivity contribution in [1.29, 1.82) is 0 Å². The first-order valence-electron chi connectivity index (χ1n) is 8.45. The lowest BCUT2D eigenvalue weighted by Crippen LogP contribution is -2.62. The van der Waals surface area contributed by atoms with Gasteiger partial charge in [-0.3, -0.25) is 0 Å². The van der Waals surface area contributed by atoms with Gasteiger partial charge in [0.25, 0.3) is 0 Å². The van der Waals surface area contributed by atoms with Crippen LogP contribution in [0.4, 0.5) is 0 Å². The molecule has 1 saturated heterocycles. The van der Waals surface area contributed by atoms with Gasteiger partial charge in [0.05, 0.1) is 30.5 Å². The Kier molecular flexibility index (Phi) is 5.10. The third kappa shape index (κ3) is 2.86. The van der Waals surface area contributed by atoms with Crippen LogP contribution in [0.1, 0.15) is 20.3 Å². The molecule has 0 radical (unpaired) electrons. The fraction of sp³-hybridized carbons (Fsp3) is 0.875. The molecule has 7 N–H and O–H groups in total. The second kappa shape index (κ2) is 6.66. The molecule has 3 rings (SSSR count). The second-order valence-corrected chi connectivity index (χ2v) is 7.52. The van der Waals surface area contributed by atoms with E-state index in [0.717, 1.165) is 0 Å². The second-order valence-electron chi connectivity index (χ2n) is 7.52. The Morgan fingerprint density at radius 1 is 1.12 bits per heavy atom. The van der Waals surface area contributed by atoms with Gasteiger partial charge in [0.2, 0.25) is 6.29 Å². The number of hydrogen-bond acceptors (Lipinski definition) is 10. The van der Waals surface area contributed by atoms with Crippen molar-refractivity contribution in [1.82, 2.24) is 0 Å². The smallest absolute Gasteiger partial charge is 0.210 e. The summed E-state index contributed by atoms with van der Waals surface area (Å²) in [7, 11) is 0. The van der Waals surface area contributed by atoms with Crippen molar-refractivity contribution in [2.75, 3.05) is 6.61 Å². The molecule has 2 fully saturated rings. The van der Waals surface area contributed by atoms with Gasteiger partial charge in [0.15, 0.2) is 6.29 Å². The van der Waals surface area contributed by atoms with E-state index in [0.29, 0.717) is 5.57 Å². The van der Waals surface area contributed by atoms with E-state index in [9.17, 15) is 35.7 Å². The molecular weight excluding hydrogens is 352 g/mol. The predicted octanol–water partition coefficient (Wildman–Crippen LogP) is -3.07. The molecule has 0 amide bonds. The zero-order valence-corrected chi connectivity index (χ0v) is 14.5. The summed E-state index contributed by atoms with van der Waals surface area (Å²) >= 11 is 0.